The van der Waals surface area contributed by atoms with E-state index >= 15 is 0 Å². The molecule has 0 aliphatic carbocycles. The number of piperazine rings is 1. The highest BCUT2D eigenvalue weighted by Crippen LogP contribution is 2.14. The van der Waals surface area contributed by atoms with Crippen LogP contribution in [0.25, 0.3) is 0 Å². The number of hydrogen-bond acceptors (Lipinski definition) is 5. The molecule has 1 aliphatic rings. The molecule has 1 saturated heterocycles. The summed E-state index contributed by atoms with van der Waals surface area (Å²) in [7, 11) is -3.52. The number of nitrogens with zero attached hydrogens (tertiary/aromatic N) is 3. The molecule has 1 aliphatic heterocycles. The molecular weight excluding hydrogens is 330 g/mol. The minimum absolute atomic E-state index is 0.265. The number of nitrogens with one attached hydrogen (secondary N) is 2. The van der Waals surface area contributed by atoms with Crippen LogP contribution in [-0.4, -0.2) is 49.1 Å². The summed E-state index contributed by atoms with van der Waals surface area (Å²) < 4.78 is 28.8. The molecule has 1 aromatic heterocycles. The molecule has 24 heavy (non-hydrogen) atoms. The van der Waals surface area contributed by atoms with Crippen molar-refractivity contribution in [1.29, 1.82) is 0 Å². The zero-order chi connectivity index (χ0) is 17.0. The third kappa shape index (κ3) is 3.99. The van der Waals surface area contributed by atoms with Crippen LogP contribution in [0, 0.1) is 0 Å². The quantitative estimate of drug-likeness (QED) is 0.787. The van der Waals surface area contributed by atoms with Crippen LogP contribution < -0.4 is 15.2 Å². The van der Waals surface area contributed by atoms with Gasteiger partial charge in [0.05, 0.1) is 11.9 Å². The molecule has 1 aromatic carbocycles. The standard InChI is InChI=1S/C15H19N5O3S/c21-15-10-14(12-16-18-15)19-6-8-20(9-7-19)24(22,23)17-11-13-4-2-1-3-5-13/h1-5,10,12,17H,6-9,11H2,(H,18,21). The van der Waals surface area contributed by atoms with Gasteiger partial charge in [-0.05, 0) is 5.56 Å². The SMILES string of the molecule is O=c1cc(N2CCN(S(=O)(=O)NCc3ccccc3)CC2)cn[nH]1. The van der Waals surface area contributed by atoms with Crippen molar-refractivity contribution in [2.24, 2.45) is 0 Å². The zero-order valence-electron chi connectivity index (χ0n) is 13.1. The summed E-state index contributed by atoms with van der Waals surface area (Å²) in [5, 5.41) is 6.09. The lowest BCUT2D eigenvalue weighted by molar-refractivity contribution is 0.378. The van der Waals surface area contributed by atoms with Gasteiger partial charge < -0.3 is 4.90 Å². The second-order valence-electron chi connectivity index (χ2n) is 5.50. The number of aromatic nitrogens is 2. The van der Waals surface area contributed by atoms with E-state index in [0.29, 0.717) is 31.9 Å². The van der Waals surface area contributed by atoms with E-state index in [1.54, 1.807) is 6.20 Å². The molecule has 3 rings (SSSR count). The number of H-pyrrole nitrogens is 1. The van der Waals surface area contributed by atoms with Crippen LogP contribution in [0.15, 0.2) is 47.4 Å². The Labute approximate surface area is 140 Å². The topological polar surface area (TPSA) is 98.4 Å². The summed E-state index contributed by atoms with van der Waals surface area (Å²) in [4.78, 5) is 13.3. The first-order valence-corrected chi connectivity index (χ1v) is 9.07. The van der Waals surface area contributed by atoms with Crippen LogP contribution in [0.1, 0.15) is 5.56 Å². The first-order valence-electron chi connectivity index (χ1n) is 7.63. The van der Waals surface area contributed by atoms with E-state index in [0.717, 1.165) is 5.56 Å². The van der Waals surface area contributed by atoms with Crippen LogP contribution in [0.2, 0.25) is 0 Å². The van der Waals surface area contributed by atoms with Gasteiger partial charge in [-0.25, -0.2) is 5.10 Å². The van der Waals surface area contributed by atoms with Gasteiger partial charge in [0.2, 0.25) is 0 Å². The lowest BCUT2D eigenvalue weighted by atomic mass is 10.2. The number of aromatic amines is 1. The maximum Gasteiger partial charge on any atom is 0.279 e. The van der Waals surface area contributed by atoms with Gasteiger partial charge in [0.25, 0.3) is 15.8 Å². The van der Waals surface area contributed by atoms with Gasteiger partial charge in [0.15, 0.2) is 0 Å². The first-order chi connectivity index (χ1) is 11.5. The lowest BCUT2D eigenvalue weighted by Crippen LogP contribution is -2.52. The van der Waals surface area contributed by atoms with Crippen LogP contribution >= 0.6 is 0 Å². The molecule has 128 valence electrons. The molecule has 0 radical (unpaired) electrons. The Balaban J connectivity index is 1.58. The maximum atomic E-state index is 12.4. The fourth-order valence-electron chi connectivity index (χ4n) is 2.59. The Hall–Kier alpha value is -2.23. The first kappa shape index (κ1) is 16.6. The number of hydrogen-bond donors (Lipinski definition) is 2. The van der Waals surface area contributed by atoms with Gasteiger partial charge in [-0.2, -0.15) is 22.5 Å². The Morgan fingerprint density at radius 3 is 2.50 bits per heavy atom. The highest BCUT2D eigenvalue weighted by molar-refractivity contribution is 7.87. The second kappa shape index (κ2) is 7.12. The van der Waals surface area contributed by atoms with E-state index in [4.69, 9.17) is 0 Å². The van der Waals surface area contributed by atoms with Gasteiger partial charge in [0.1, 0.15) is 0 Å². The third-order valence-electron chi connectivity index (χ3n) is 3.90. The van der Waals surface area contributed by atoms with E-state index < -0.39 is 10.2 Å². The van der Waals surface area contributed by atoms with Crippen molar-refractivity contribution < 1.29 is 8.42 Å². The summed E-state index contributed by atoms with van der Waals surface area (Å²) >= 11 is 0. The zero-order valence-corrected chi connectivity index (χ0v) is 13.9. The minimum Gasteiger partial charge on any atom is -0.367 e. The Bertz CT molecular complexity index is 829. The molecule has 0 amide bonds. The maximum absolute atomic E-state index is 12.4. The molecule has 2 heterocycles. The van der Waals surface area contributed by atoms with Crippen molar-refractivity contribution in [2.45, 2.75) is 6.54 Å². The molecular formula is C15H19N5O3S. The largest absolute Gasteiger partial charge is 0.367 e. The second-order valence-corrected chi connectivity index (χ2v) is 7.26. The molecule has 0 bridgehead atoms. The summed E-state index contributed by atoms with van der Waals surface area (Å²) in [6, 6.07) is 10.8. The molecule has 0 spiro atoms. The molecule has 2 aromatic rings. The van der Waals surface area contributed by atoms with Crippen LogP contribution in [0.5, 0.6) is 0 Å². The number of benzene rings is 1. The Morgan fingerprint density at radius 2 is 1.83 bits per heavy atom. The summed E-state index contributed by atoms with van der Waals surface area (Å²) in [6.45, 7) is 2.00. The van der Waals surface area contributed by atoms with Gasteiger partial charge in [-0.3, -0.25) is 4.79 Å². The molecule has 8 nitrogen and oxygen atoms in total. The van der Waals surface area contributed by atoms with Crippen LogP contribution in [-0.2, 0) is 16.8 Å². The summed E-state index contributed by atoms with van der Waals surface area (Å²) in [5.41, 5.74) is 1.34. The highest BCUT2D eigenvalue weighted by Gasteiger charge is 2.26. The molecule has 9 heteroatoms. The van der Waals surface area contributed by atoms with E-state index in [1.807, 2.05) is 35.2 Å². The fraction of sp³-hybridized carbons (Fsp3) is 0.333. The van der Waals surface area contributed by atoms with Crippen molar-refractivity contribution in [1.82, 2.24) is 19.2 Å². The Morgan fingerprint density at radius 1 is 1.12 bits per heavy atom. The lowest BCUT2D eigenvalue weighted by Gasteiger charge is -2.34. The number of anilines is 1. The van der Waals surface area contributed by atoms with Crippen molar-refractivity contribution in [3.05, 3.63) is 58.5 Å². The molecule has 0 unspecified atom stereocenters. The minimum atomic E-state index is -3.52. The van der Waals surface area contributed by atoms with E-state index in [9.17, 15) is 13.2 Å². The molecule has 2 N–H and O–H groups in total. The summed E-state index contributed by atoms with van der Waals surface area (Å²) in [6.07, 6.45) is 1.57. The van der Waals surface area contributed by atoms with Crippen molar-refractivity contribution >= 4 is 15.9 Å². The normalized spacial score (nSPS) is 16.2. The average Bonchev–Trinajstić information content (AvgIpc) is 2.61. The van der Waals surface area contributed by atoms with Crippen molar-refractivity contribution in [2.75, 3.05) is 31.1 Å². The van der Waals surface area contributed by atoms with Crippen LogP contribution in [0.4, 0.5) is 5.69 Å². The van der Waals surface area contributed by atoms with Gasteiger partial charge in [-0.15, -0.1) is 0 Å². The smallest absolute Gasteiger partial charge is 0.279 e. The van der Waals surface area contributed by atoms with E-state index in [1.165, 1.54) is 10.4 Å². The predicted octanol–water partition coefficient (Wildman–Crippen LogP) is -0.0735. The monoisotopic (exact) mass is 349 g/mol. The Kier molecular flexibility index (Phi) is 4.93. The van der Waals surface area contributed by atoms with E-state index in [2.05, 4.69) is 14.9 Å². The van der Waals surface area contributed by atoms with Gasteiger partial charge in [-0.1, -0.05) is 30.3 Å². The summed E-state index contributed by atoms with van der Waals surface area (Å²) in [5.74, 6) is 0. The number of rotatable bonds is 5. The molecule has 0 atom stereocenters. The van der Waals surface area contributed by atoms with Crippen LogP contribution in [0.3, 0.4) is 0 Å². The highest BCUT2D eigenvalue weighted by atomic mass is 32.2. The average molecular weight is 349 g/mol. The third-order valence-corrected chi connectivity index (χ3v) is 5.45. The van der Waals surface area contributed by atoms with E-state index in [-0.39, 0.29) is 12.1 Å². The fourth-order valence-corrected chi connectivity index (χ4v) is 3.76. The van der Waals surface area contributed by atoms with Gasteiger partial charge >= 0.3 is 0 Å². The molecule has 1 fully saturated rings. The van der Waals surface area contributed by atoms with Crippen molar-refractivity contribution in [3.63, 3.8) is 0 Å². The molecule has 0 saturated carbocycles. The van der Waals surface area contributed by atoms with Gasteiger partial charge in [0, 0.05) is 38.8 Å². The predicted molar refractivity (Wildman–Crippen MR) is 90.8 cm³/mol. The van der Waals surface area contributed by atoms with Crippen molar-refractivity contribution in [3.8, 4) is 0 Å².